The molecule has 5 heteroatoms. The van der Waals surface area contributed by atoms with E-state index in [0.29, 0.717) is 11.6 Å². The van der Waals surface area contributed by atoms with Crippen molar-refractivity contribution in [3.63, 3.8) is 0 Å². The molecule has 104 valence electrons. The van der Waals surface area contributed by atoms with Crippen LogP contribution >= 0.6 is 0 Å². The number of rotatable bonds is 4. The van der Waals surface area contributed by atoms with Crippen LogP contribution in [-0.4, -0.2) is 26.5 Å². The second kappa shape index (κ2) is 6.09. The van der Waals surface area contributed by atoms with Gasteiger partial charge in [0.25, 0.3) is 0 Å². The van der Waals surface area contributed by atoms with Crippen LogP contribution in [0.25, 0.3) is 22.9 Å². The van der Waals surface area contributed by atoms with E-state index >= 15 is 0 Å². The van der Waals surface area contributed by atoms with Crippen molar-refractivity contribution in [3.05, 3.63) is 54.9 Å². The Labute approximate surface area is 123 Å². The molecule has 0 aliphatic heterocycles. The third-order valence-electron chi connectivity index (χ3n) is 2.92. The van der Waals surface area contributed by atoms with Gasteiger partial charge in [-0.2, -0.15) is 0 Å². The Morgan fingerprint density at radius 1 is 0.905 bits per heavy atom. The Kier molecular flexibility index (Phi) is 3.82. The van der Waals surface area contributed by atoms with Crippen molar-refractivity contribution in [1.29, 1.82) is 0 Å². The maximum atomic E-state index is 4.58. The van der Waals surface area contributed by atoms with E-state index in [0.717, 1.165) is 23.6 Å². The molecule has 0 radical (unpaired) electrons. The SMILES string of the molecule is CCNc1cc(-c2ccccc2)nc(-c2ncccn2)n1. The van der Waals surface area contributed by atoms with Crippen molar-refractivity contribution in [3.8, 4) is 22.9 Å². The Morgan fingerprint density at radius 3 is 2.38 bits per heavy atom. The molecule has 21 heavy (non-hydrogen) atoms. The molecule has 1 N–H and O–H groups in total. The minimum absolute atomic E-state index is 0.521. The van der Waals surface area contributed by atoms with Gasteiger partial charge in [0, 0.05) is 30.6 Å². The minimum atomic E-state index is 0.521. The zero-order valence-electron chi connectivity index (χ0n) is 11.7. The molecule has 2 heterocycles. The Balaban J connectivity index is 2.11. The summed E-state index contributed by atoms with van der Waals surface area (Å²) >= 11 is 0. The first-order valence-corrected chi connectivity index (χ1v) is 6.82. The lowest BCUT2D eigenvalue weighted by molar-refractivity contribution is 1.06. The first kappa shape index (κ1) is 13.2. The number of hydrogen-bond donors (Lipinski definition) is 1. The highest BCUT2D eigenvalue weighted by molar-refractivity contribution is 5.65. The van der Waals surface area contributed by atoms with Gasteiger partial charge in [-0.05, 0) is 13.0 Å². The van der Waals surface area contributed by atoms with Gasteiger partial charge in [0.1, 0.15) is 5.82 Å². The van der Waals surface area contributed by atoms with Crippen LogP contribution in [0.2, 0.25) is 0 Å². The zero-order chi connectivity index (χ0) is 14.5. The van der Waals surface area contributed by atoms with E-state index in [1.807, 2.05) is 43.3 Å². The predicted molar refractivity (Wildman–Crippen MR) is 82.7 cm³/mol. The van der Waals surface area contributed by atoms with Crippen molar-refractivity contribution in [2.24, 2.45) is 0 Å². The van der Waals surface area contributed by atoms with Crippen LogP contribution in [0, 0.1) is 0 Å². The standard InChI is InChI=1S/C16H15N5/c1-2-17-14-11-13(12-7-4-3-5-8-12)20-16(21-14)15-18-9-6-10-19-15/h3-11H,2H2,1H3,(H,17,20,21). The summed E-state index contributed by atoms with van der Waals surface area (Å²) in [6.07, 6.45) is 3.38. The quantitative estimate of drug-likeness (QED) is 0.794. The molecule has 2 aromatic heterocycles. The molecule has 0 spiro atoms. The number of nitrogens with one attached hydrogen (secondary N) is 1. The monoisotopic (exact) mass is 277 g/mol. The molecule has 0 atom stereocenters. The number of aromatic nitrogens is 4. The Bertz CT molecular complexity index is 655. The van der Waals surface area contributed by atoms with Crippen LogP contribution in [0.1, 0.15) is 6.92 Å². The zero-order valence-corrected chi connectivity index (χ0v) is 11.7. The number of anilines is 1. The third kappa shape index (κ3) is 3.02. The topological polar surface area (TPSA) is 63.6 Å². The average molecular weight is 277 g/mol. The van der Waals surface area contributed by atoms with Crippen molar-refractivity contribution < 1.29 is 0 Å². The molecule has 0 aliphatic carbocycles. The third-order valence-corrected chi connectivity index (χ3v) is 2.92. The Morgan fingerprint density at radius 2 is 1.67 bits per heavy atom. The largest absolute Gasteiger partial charge is 0.370 e. The molecule has 1 aromatic carbocycles. The number of hydrogen-bond acceptors (Lipinski definition) is 5. The van der Waals surface area contributed by atoms with E-state index < -0.39 is 0 Å². The fourth-order valence-corrected chi connectivity index (χ4v) is 1.99. The van der Waals surface area contributed by atoms with Crippen molar-refractivity contribution >= 4 is 5.82 Å². The Hall–Kier alpha value is -2.82. The molecular formula is C16H15N5. The van der Waals surface area contributed by atoms with Gasteiger partial charge < -0.3 is 5.32 Å². The highest BCUT2D eigenvalue weighted by Crippen LogP contribution is 2.22. The summed E-state index contributed by atoms with van der Waals surface area (Å²) in [6.45, 7) is 2.82. The summed E-state index contributed by atoms with van der Waals surface area (Å²) in [5.74, 6) is 1.82. The minimum Gasteiger partial charge on any atom is -0.370 e. The summed E-state index contributed by atoms with van der Waals surface area (Å²) in [4.78, 5) is 17.5. The average Bonchev–Trinajstić information content (AvgIpc) is 2.56. The lowest BCUT2D eigenvalue weighted by atomic mass is 10.1. The van der Waals surface area contributed by atoms with Crippen LogP contribution in [0.3, 0.4) is 0 Å². The van der Waals surface area contributed by atoms with Crippen molar-refractivity contribution in [2.75, 3.05) is 11.9 Å². The maximum Gasteiger partial charge on any atom is 0.200 e. The van der Waals surface area contributed by atoms with Gasteiger partial charge in [0.2, 0.25) is 0 Å². The molecular weight excluding hydrogens is 262 g/mol. The van der Waals surface area contributed by atoms with Gasteiger partial charge in [0.15, 0.2) is 11.6 Å². The summed E-state index contributed by atoms with van der Waals surface area (Å²) in [5.41, 5.74) is 1.89. The lowest BCUT2D eigenvalue weighted by Crippen LogP contribution is -2.03. The van der Waals surface area contributed by atoms with Crippen molar-refractivity contribution in [1.82, 2.24) is 19.9 Å². The molecule has 0 aliphatic rings. The van der Waals surface area contributed by atoms with Gasteiger partial charge in [-0.25, -0.2) is 19.9 Å². The smallest absolute Gasteiger partial charge is 0.200 e. The summed E-state index contributed by atoms with van der Waals surface area (Å²) < 4.78 is 0. The van der Waals surface area contributed by atoms with E-state index in [-0.39, 0.29) is 0 Å². The highest BCUT2D eigenvalue weighted by Gasteiger charge is 2.09. The van der Waals surface area contributed by atoms with Crippen LogP contribution < -0.4 is 5.32 Å². The van der Waals surface area contributed by atoms with E-state index in [1.54, 1.807) is 18.5 Å². The van der Waals surface area contributed by atoms with E-state index in [9.17, 15) is 0 Å². The van der Waals surface area contributed by atoms with E-state index in [1.165, 1.54) is 0 Å². The fourth-order valence-electron chi connectivity index (χ4n) is 1.99. The van der Waals surface area contributed by atoms with Gasteiger partial charge in [-0.15, -0.1) is 0 Å². The summed E-state index contributed by atoms with van der Waals surface area (Å²) in [5, 5.41) is 3.22. The van der Waals surface area contributed by atoms with Gasteiger partial charge in [0.05, 0.1) is 5.69 Å². The molecule has 0 unspecified atom stereocenters. The van der Waals surface area contributed by atoms with E-state index in [2.05, 4.69) is 25.3 Å². The molecule has 0 amide bonds. The van der Waals surface area contributed by atoms with Gasteiger partial charge >= 0.3 is 0 Å². The molecule has 3 rings (SSSR count). The lowest BCUT2D eigenvalue weighted by Gasteiger charge is -2.08. The van der Waals surface area contributed by atoms with Gasteiger partial charge in [-0.3, -0.25) is 0 Å². The molecule has 0 bridgehead atoms. The summed E-state index contributed by atoms with van der Waals surface area (Å²) in [7, 11) is 0. The van der Waals surface area contributed by atoms with Crippen LogP contribution in [-0.2, 0) is 0 Å². The van der Waals surface area contributed by atoms with Crippen LogP contribution in [0.5, 0.6) is 0 Å². The predicted octanol–water partition coefficient (Wildman–Crippen LogP) is 3.03. The van der Waals surface area contributed by atoms with Crippen molar-refractivity contribution in [2.45, 2.75) is 6.92 Å². The second-order valence-corrected chi connectivity index (χ2v) is 4.43. The van der Waals surface area contributed by atoms with Crippen LogP contribution in [0.15, 0.2) is 54.9 Å². The number of benzene rings is 1. The fraction of sp³-hybridized carbons (Fsp3) is 0.125. The molecule has 3 aromatic rings. The van der Waals surface area contributed by atoms with Gasteiger partial charge in [-0.1, -0.05) is 30.3 Å². The second-order valence-electron chi connectivity index (χ2n) is 4.43. The molecule has 0 fully saturated rings. The van der Waals surface area contributed by atoms with E-state index in [4.69, 9.17) is 0 Å². The number of nitrogens with zero attached hydrogens (tertiary/aromatic N) is 4. The normalized spacial score (nSPS) is 10.3. The first-order valence-electron chi connectivity index (χ1n) is 6.82. The molecule has 5 nitrogen and oxygen atoms in total. The molecule has 0 saturated heterocycles. The highest BCUT2D eigenvalue weighted by atomic mass is 15.1. The molecule has 0 saturated carbocycles. The maximum absolute atomic E-state index is 4.58. The first-order chi connectivity index (χ1) is 10.4. The van der Waals surface area contributed by atoms with Crippen LogP contribution in [0.4, 0.5) is 5.82 Å². The summed E-state index contributed by atoms with van der Waals surface area (Å²) in [6, 6.07) is 13.7.